The number of carbonyl (C=O) groups is 1. The largest absolute Gasteiger partial charge is 0.493 e. The van der Waals surface area contributed by atoms with Crippen LogP contribution in [0.15, 0.2) is 113 Å². The summed E-state index contributed by atoms with van der Waals surface area (Å²) < 4.78 is 26.6. The van der Waals surface area contributed by atoms with Gasteiger partial charge >= 0.3 is 0 Å². The molecule has 0 radical (unpaired) electrons. The zero-order chi connectivity index (χ0) is 46.0. The number of nitro benzene ring substituents is 1. The quantitative estimate of drug-likeness (QED) is 0.0168. The first kappa shape index (κ1) is 49.4. The topological polar surface area (TPSA) is 183 Å². The summed E-state index contributed by atoms with van der Waals surface area (Å²) in [5.41, 5.74) is 3.06. The number of hydrogen-bond acceptors (Lipinski definition) is 13. The maximum absolute atomic E-state index is 14.8. The van der Waals surface area contributed by atoms with E-state index in [1.165, 1.54) is 18.2 Å². The van der Waals surface area contributed by atoms with Crippen molar-refractivity contribution in [1.82, 2.24) is 4.90 Å². The van der Waals surface area contributed by atoms with Gasteiger partial charge in [0.2, 0.25) is 11.7 Å². The maximum atomic E-state index is 14.8. The van der Waals surface area contributed by atoms with Crippen molar-refractivity contribution < 1.29 is 48.8 Å². The summed E-state index contributed by atoms with van der Waals surface area (Å²) in [5, 5.41) is 45.6. The standard InChI is InChI=1S/C50H63N3O11S/c1-3-28-62-50-46(52(24-29-60-30-27-56)47(57)23-18-36-16-19-38(20-17-36)53(58)59)35-44(51-63-4-2)42-33-37(12-8-10-25-54)41(15-9-11-26-55)48(49(42)50)43-34-39(21-22-45(43)64-50)61-31-32-65-40-13-6-5-7-14-40/h3,5-7,13-14,16-23,33-34,37,41,46,48-49,54-56H,1,4,8-12,15,24-32,35H2,2H3/t37-,41+,46-,48+,49+,50+/m0/s1. The van der Waals surface area contributed by atoms with Crippen LogP contribution in [0.5, 0.6) is 11.5 Å². The van der Waals surface area contributed by atoms with Crippen LogP contribution in [0.2, 0.25) is 0 Å². The molecule has 1 aliphatic heterocycles. The van der Waals surface area contributed by atoms with Gasteiger partial charge in [-0.2, -0.15) is 0 Å². The Kier molecular flexibility index (Phi) is 19.0. The van der Waals surface area contributed by atoms with E-state index in [1.807, 2.05) is 37.3 Å². The van der Waals surface area contributed by atoms with Gasteiger partial charge in [-0.15, -0.1) is 18.3 Å². The molecule has 1 fully saturated rings. The fourth-order valence-electron chi connectivity index (χ4n) is 9.44. The highest BCUT2D eigenvalue weighted by Crippen LogP contribution is 2.62. The second-order valence-electron chi connectivity index (χ2n) is 16.2. The van der Waals surface area contributed by atoms with Crippen LogP contribution in [0.1, 0.15) is 68.9 Å². The predicted octanol–water partition coefficient (Wildman–Crippen LogP) is 7.97. The smallest absolute Gasteiger partial charge is 0.269 e. The first-order valence-electron chi connectivity index (χ1n) is 22.7. The van der Waals surface area contributed by atoms with Crippen LogP contribution < -0.4 is 9.47 Å². The van der Waals surface area contributed by atoms with Crippen molar-refractivity contribution in [1.29, 1.82) is 0 Å². The van der Waals surface area contributed by atoms with Crippen LogP contribution in [-0.4, -0.2) is 114 Å². The fourth-order valence-corrected chi connectivity index (χ4v) is 10.2. The van der Waals surface area contributed by atoms with Gasteiger partial charge in [0.1, 0.15) is 24.1 Å². The average Bonchev–Trinajstić information content (AvgIpc) is 3.32. The third kappa shape index (κ3) is 12.5. The second kappa shape index (κ2) is 25.0. The van der Waals surface area contributed by atoms with Gasteiger partial charge in [0.15, 0.2) is 0 Å². The molecule has 3 aromatic rings. The van der Waals surface area contributed by atoms with Gasteiger partial charge in [-0.25, -0.2) is 0 Å². The molecule has 6 rings (SSSR count). The highest BCUT2D eigenvalue weighted by atomic mass is 32.2. The van der Waals surface area contributed by atoms with E-state index >= 15 is 0 Å². The number of nitrogens with zero attached hydrogens (tertiary/aromatic N) is 3. The number of aliphatic hydroxyl groups excluding tert-OH is 3. The van der Waals surface area contributed by atoms with Crippen molar-refractivity contribution in [3.8, 4) is 11.5 Å². The molecule has 1 amide bonds. The van der Waals surface area contributed by atoms with Crippen LogP contribution in [-0.2, 0) is 19.1 Å². The molecule has 0 saturated heterocycles. The molecule has 3 aliphatic rings. The number of fused-ring (bicyclic) bond motifs is 2. The Bertz CT molecular complexity index is 2100. The van der Waals surface area contributed by atoms with Crippen molar-refractivity contribution in [2.24, 2.45) is 22.9 Å². The number of nitro groups is 1. The monoisotopic (exact) mass is 913 g/mol. The van der Waals surface area contributed by atoms with Crippen molar-refractivity contribution in [3.63, 3.8) is 0 Å². The number of benzene rings is 3. The van der Waals surface area contributed by atoms with Gasteiger partial charge in [-0.1, -0.05) is 48.3 Å². The molecule has 0 aromatic heterocycles. The number of allylic oxidation sites excluding steroid dienone is 1. The summed E-state index contributed by atoms with van der Waals surface area (Å²) in [7, 11) is 0. The highest BCUT2D eigenvalue weighted by molar-refractivity contribution is 7.99. The fraction of sp³-hybridized carbons (Fsp3) is 0.480. The van der Waals surface area contributed by atoms with Gasteiger partial charge in [0.25, 0.3) is 5.69 Å². The Hall–Kier alpha value is -5.03. The minimum atomic E-state index is -1.49. The van der Waals surface area contributed by atoms with Crippen LogP contribution in [0.25, 0.3) is 6.08 Å². The summed E-state index contributed by atoms with van der Waals surface area (Å²) in [6.45, 7) is 7.00. The molecule has 0 unspecified atom stereocenters. The Morgan fingerprint density at radius 1 is 1.00 bits per heavy atom. The molecule has 1 saturated carbocycles. The SMILES string of the molecule is C=CCO[C@@]12Oc3ccc(OCCSc4ccccc4)cc3[C@H]3[C@H](CCCCO)[C@@H](CCCCO)C=C(C(=NOCC)C[C@@H]1N(CCOCCO)C(=O)C=Cc1ccc([N+](=O)[O-])cc1)[C@H]32. The second-order valence-corrected chi connectivity index (χ2v) is 17.4. The number of carbonyl (C=O) groups excluding carboxylic acids is 1. The number of hydrogen-bond donors (Lipinski definition) is 3. The van der Waals surface area contributed by atoms with E-state index < -0.39 is 22.7 Å². The molecule has 3 aromatic carbocycles. The summed E-state index contributed by atoms with van der Waals surface area (Å²) in [5.74, 6) is -0.495. The van der Waals surface area contributed by atoms with E-state index in [9.17, 15) is 30.2 Å². The summed E-state index contributed by atoms with van der Waals surface area (Å²) in [4.78, 5) is 34.4. The van der Waals surface area contributed by atoms with Crippen molar-refractivity contribution in [3.05, 3.63) is 124 Å². The molecule has 15 heteroatoms. The number of unbranched alkanes of at least 4 members (excludes halogenated alkanes) is 2. The molecular weight excluding hydrogens is 851 g/mol. The maximum Gasteiger partial charge on any atom is 0.269 e. The molecule has 14 nitrogen and oxygen atoms in total. The number of amides is 1. The molecule has 0 bridgehead atoms. The van der Waals surface area contributed by atoms with Gasteiger partial charge in [0.05, 0.1) is 49.6 Å². The molecule has 2 aliphatic carbocycles. The van der Waals surface area contributed by atoms with Crippen LogP contribution in [0, 0.1) is 27.9 Å². The number of aliphatic hydroxyl groups is 3. The molecule has 65 heavy (non-hydrogen) atoms. The van der Waals surface area contributed by atoms with E-state index in [0.717, 1.165) is 47.5 Å². The number of oxime groups is 1. The van der Waals surface area contributed by atoms with Crippen LogP contribution >= 0.6 is 11.8 Å². The van der Waals surface area contributed by atoms with Crippen molar-refractivity contribution in [2.75, 3.05) is 65.2 Å². The summed E-state index contributed by atoms with van der Waals surface area (Å²) >= 11 is 1.72. The van der Waals surface area contributed by atoms with Crippen molar-refractivity contribution in [2.45, 2.75) is 74.5 Å². The first-order valence-corrected chi connectivity index (χ1v) is 23.7. The third-order valence-corrected chi connectivity index (χ3v) is 13.2. The van der Waals surface area contributed by atoms with E-state index in [0.29, 0.717) is 48.8 Å². The van der Waals surface area contributed by atoms with Crippen LogP contribution in [0.3, 0.4) is 0 Å². The van der Waals surface area contributed by atoms with Crippen molar-refractivity contribution >= 4 is 35.1 Å². The predicted molar refractivity (Wildman–Crippen MR) is 251 cm³/mol. The molecule has 350 valence electrons. The molecule has 1 heterocycles. The van der Waals surface area contributed by atoms with Gasteiger partial charge < -0.3 is 44.0 Å². The van der Waals surface area contributed by atoms with Crippen LogP contribution in [0.4, 0.5) is 5.69 Å². The van der Waals surface area contributed by atoms with E-state index in [4.69, 9.17) is 28.9 Å². The Labute approximate surface area is 386 Å². The molecule has 6 atom stereocenters. The number of thioether (sulfide) groups is 1. The lowest BCUT2D eigenvalue weighted by atomic mass is 9.55. The van der Waals surface area contributed by atoms with E-state index in [2.05, 4.69) is 30.9 Å². The lowest BCUT2D eigenvalue weighted by molar-refractivity contribution is -0.384. The third-order valence-electron chi connectivity index (χ3n) is 12.2. The van der Waals surface area contributed by atoms with Gasteiger partial charge in [-0.3, -0.25) is 14.9 Å². The summed E-state index contributed by atoms with van der Waals surface area (Å²) in [6, 6.07) is 21.2. The summed E-state index contributed by atoms with van der Waals surface area (Å²) in [6.07, 6.45) is 11.7. The minimum absolute atomic E-state index is 0.0263. The number of rotatable bonds is 27. The number of ether oxygens (including phenoxy) is 4. The average molecular weight is 914 g/mol. The van der Waals surface area contributed by atoms with E-state index in [1.54, 1.807) is 40.9 Å². The Morgan fingerprint density at radius 3 is 2.48 bits per heavy atom. The number of non-ortho nitro benzene ring substituents is 1. The lowest BCUT2D eigenvalue weighted by Crippen LogP contribution is -2.70. The van der Waals surface area contributed by atoms with Gasteiger partial charge in [0, 0.05) is 66.5 Å². The molecule has 3 N–H and O–H groups in total. The lowest BCUT2D eigenvalue weighted by Gasteiger charge is -2.60. The zero-order valence-corrected chi connectivity index (χ0v) is 38.0. The normalized spacial score (nSPS) is 22.7. The Balaban J connectivity index is 1.50. The minimum Gasteiger partial charge on any atom is -0.493 e. The molecule has 0 spiro atoms. The van der Waals surface area contributed by atoms with E-state index in [-0.39, 0.29) is 82.0 Å². The molecular formula is C50H63N3O11S. The van der Waals surface area contributed by atoms with Gasteiger partial charge in [-0.05, 0) is 104 Å². The zero-order valence-electron chi connectivity index (χ0n) is 37.2. The Morgan fingerprint density at radius 2 is 1.77 bits per heavy atom. The first-order chi connectivity index (χ1) is 31.8. The highest BCUT2D eigenvalue weighted by Gasteiger charge is 2.65.